The molecule has 0 saturated carbocycles. The molecular formula is C14H22N2O3S2. The molecule has 7 heteroatoms. The number of sulfonamides is 1. The summed E-state index contributed by atoms with van der Waals surface area (Å²) in [7, 11) is -3.45. The normalized spacial score (nSPS) is 17.9. The Morgan fingerprint density at radius 1 is 1.43 bits per heavy atom. The van der Waals surface area contributed by atoms with Gasteiger partial charge in [0.2, 0.25) is 10.0 Å². The highest BCUT2D eigenvalue weighted by molar-refractivity contribution is 7.89. The molecule has 1 aromatic heterocycles. The van der Waals surface area contributed by atoms with Crippen molar-refractivity contribution in [3.05, 3.63) is 15.8 Å². The molecule has 21 heavy (non-hydrogen) atoms. The van der Waals surface area contributed by atoms with Crippen LogP contribution >= 0.6 is 11.3 Å². The van der Waals surface area contributed by atoms with Crippen molar-refractivity contribution >= 4 is 27.3 Å². The zero-order valence-corrected chi connectivity index (χ0v) is 14.3. The molecule has 0 aliphatic carbocycles. The number of carbonyl (C=O) groups is 1. The summed E-state index contributed by atoms with van der Waals surface area (Å²) in [5.41, 5.74) is 0. The summed E-state index contributed by atoms with van der Waals surface area (Å²) in [4.78, 5) is 13.5. The van der Waals surface area contributed by atoms with Gasteiger partial charge in [0.1, 0.15) is 0 Å². The van der Waals surface area contributed by atoms with Crippen LogP contribution in [-0.2, 0) is 10.0 Å². The molecule has 0 spiro atoms. The highest BCUT2D eigenvalue weighted by Gasteiger charge is 2.30. The van der Waals surface area contributed by atoms with Crippen LogP contribution in [0.15, 0.2) is 11.0 Å². The Balaban J connectivity index is 2.25. The Morgan fingerprint density at radius 2 is 2.05 bits per heavy atom. The lowest BCUT2D eigenvalue weighted by molar-refractivity contribution is 0.0943. The minimum Gasteiger partial charge on any atom is -0.349 e. The number of nitrogens with one attached hydrogen (secondary N) is 1. The zero-order chi connectivity index (χ0) is 15.6. The predicted molar refractivity (Wildman–Crippen MR) is 84.3 cm³/mol. The summed E-state index contributed by atoms with van der Waals surface area (Å²) in [6, 6.07) is 1.60. The standard InChI is InChI=1S/C14H22N2O3S2/c1-4-10(2)15-14(17)12-9-13(11(3)20-12)21(18,19)16-7-5-6-8-16/h9-10H,4-8H2,1-3H3,(H,15,17)/t10-/m1/s1. The van der Waals surface area contributed by atoms with Crippen molar-refractivity contribution in [3.8, 4) is 0 Å². The van der Waals surface area contributed by atoms with Crippen molar-refractivity contribution in [3.63, 3.8) is 0 Å². The SMILES string of the molecule is CC[C@@H](C)NC(=O)c1cc(S(=O)(=O)N2CCCC2)c(C)s1. The average molecular weight is 330 g/mol. The van der Waals surface area contributed by atoms with E-state index in [0.717, 1.165) is 19.3 Å². The first kappa shape index (κ1) is 16.5. The van der Waals surface area contributed by atoms with Crippen LogP contribution in [0, 0.1) is 6.92 Å². The number of hydrogen-bond acceptors (Lipinski definition) is 4. The van der Waals surface area contributed by atoms with Gasteiger partial charge in [-0.2, -0.15) is 4.31 Å². The second-order valence-electron chi connectivity index (χ2n) is 5.43. The topological polar surface area (TPSA) is 66.5 Å². The highest BCUT2D eigenvalue weighted by Crippen LogP contribution is 2.30. The highest BCUT2D eigenvalue weighted by atomic mass is 32.2. The van der Waals surface area contributed by atoms with Gasteiger partial charge < -0.3 is 5.32 Å². The number of nitrogens with zero attached hydrogens (tertiary/aromatic N) is 1. The molecule has 1 aromatic rings. The van der Waals surface area contributed by atoms with Crippen molar-refractivity contribution in [2.45, 2.75) is 51.0 Å². The third kappa shape index (κ3) is 3.46. The Morgan fingerprint density at radius 3 is 2.62 bits per heavy atom. The van der Waals surface area contributed by atoms with Gasteiger partial charge in [-0.3, -0.25) is 4.79 Å². The molecule has 1 saturated heterocycles. The number of hydrogen-bond donors (Lipinski definition) is 1. The van der Waals surface area contributed by atoms with Crippen molar-refractivity contribution in [2.24, 2.45) is 0 Å². The van der Waals surface area contributed by atoms with E-state index in [1.165, 1.54) is 21.7 Å². The molecule has 0 aromatic carbocycles. The maximum Gasteiger partial charge on any atom is 0.261 e. The van der Waals surface area contributed by atoms with E-state index in [1.807, 2.05) is 13.8 Å². The summed E-state index contributed by atoms with van der Waals surface area (Å²) in [5.74, 6) is -0.194. The number of aryl methyl sites for hydroxylation is 1. The smallest absolute Gasteiger partial charge is 0.261 e. The van der Waals surface area contributed by atoms with E-state index in [9.17, 15) is 13.2 Å². The summed E-state index contributed by atoms with van der Waals surface area (Å²) >= 11 is 1.24. The van der Waals surface area contributed by atoms with Gasteiger partial charge in [-0.25, -0.2) is 8.42 Å². The minimum absolute atomic E-state index is 0.0820. The molecule has 2 rings (SSSR count). The molecule has 1 amide bonds. The van der Waals surface area contributed by atoms with Gasteiger partial charge in [0.15, 0.2) is 0 Å². The molecular weight excluding hydrogens is 308 g/mol. The zero-order valence-electron chi connectivity index (χ0n) is 12.7. The quantitative estimate of drug-likeness (QED) is 0.901. The number of rotatable bonds is 5. The van der Waals surface area contributed by atoms with E-state index >= 15 is 0 Å². The Kier molecular flexibility index (Phi) is 5.06. The van der Waals surface area contributed by atoms with Crippen molar-refractivity contribution < 1.29 is 13.2 Å². The van der Waals surface area contributed by atoms with Crippen LogP contribution in [0.2, 0.25) is 0 Å². The Hall–Kier alpha value is -0.920. The summed E-state index contributed by atoms with van der Waals surface area (Å²) in [6.45, 7) is 6.83. The Labute approximate surface area is 130 Å². The molecule has 0 bridgehead atoms. The van der Waals surface area contributed by atoms with Crippen LogP contribution in [0.5, 0.6) is 0 Å². The molecule has 1 atom stereocenters. The van der Waals surface area contributed by atoms with E-state index in [4.69, 9.17) is 0 Å². The maximum absolute atomic E-state index is 12.6. The largest absolute Gasteiger partial charge is 0.349 e. The first-order valence-corrected chi connectivity index (χ1v) is 9.53. The second-order valence-corrected chi connectivity index (χ2v) is 8.59. The second kappa shape index (κ2) is 6.46. The summed E-state index contributed by atoms with van der Waals surface area (Å²) in [6.07, 6.45) is 2.66. The number of amides is 1. The van der Waals surface area contributed by atoms with Crippen molar-refractivity contribution in [1.82, 2.24) is 9.62 Å². The lowest BCUT2D eigenvalue weighted by Gasteiger charge is -2.14. The van der Waals surface area contributed by atoms with Crippen molar-refractivity contribution in [2.75, 3.05) is 13.1 Å². The van der Waals surface area contributed by atoms with Gasteiger partial charge >= 0.3 is 0 Å². The molecule has 0 unspecified atom stereocenters. The van der Waals surface area contributed by atoms with Gasteiger partial charge in [0.25, 0.3) is 5.91 Å². The fourth-order valence-electron chi connectivity index (χ4n) is 2.30. The molecule has 0 radical (unpaired) electrons. The van der Waals surface area contributed by atoms with E-state index in [0.29, 0.717) is 22.8 Å². The fourth-order valence-corrected chi connectivity index (χ4v) is 5.28. The third-order valence-corrected chi connectivity index (χ3v) is 6.97. The minimum atomic E-state index is -3.45. The van der Waals surface area contributed by atoms with Gasteiger partial charge in [-0.05, 0) is 39.2 Å². The summed E-state index contributed by atoms with van der Waals surface area (Å²) in [5, 5.41) is 2.87. The van der Waals surface area contributed by atoms with Gasteiger partial charge in [0, 0.05) is 24.0 Å². The van der Waals surface area contributed by atoms with Crippen LogP contribution in [0.1, 0.15) is 47.7 Å². The summed E-state index contributed by atoms with van der Waals surface area (Å²) < 4.78 is 26.7. The van der Waals surface area contributed by atoms with Crippen LogP contribution < -0.4 is 5.32 Å². The van der Waals surface area contributed by atoms with E-state index in [-0.39, 0.29) is 16.8 Å². The van der Waals surface area contributed by atoms with Gasteiger partial charge in [-0.1, -0.05) is 6.92 Å². The van der Waals surface area contributed by atoms with Crippen LogP contribution in [0.4, 0.5) is 0 Å². The van der Waals surface area contributed by atoms with Gasteiger partial charge in [0.05, 0.1) is 9.77 Å². The molecule has 5 nitrogen and oxygen atoms in total. The van der Waals surface area contributed by atoms with Crippen LogP contribution in [0.3, 0.4) is 0 Å². The van der Waals surface area contributed by atoms with E-state index < -0.39 is 10.0 Å². The molecule has 1 aliphatic rings. The van der Waals surface area contributed by atoms with Crippen LogP contribution in [-0.4, -0.2) is 37.8 Å². The molecule has 1 N–H and O–H groups in total. The van der Waals surface area contributed by atoms with E-state index in [1.54, 1.807) is 6.92 Å². The van der Waals surface area contributed by atoms with Crippen LogP contribution in [0.25, 0.3) is 0 Å². The molecule has 1 aliphatic heterocycles. The Bertz CT molecular complexity index is 616. The molecule has 2 heterocycles. The average Bonchev–Trinajstić information content (AvgIpc) is 3.07. The fraction of sp³-hybridized carbons (Fsp3) is 0.643. The van der Waals surface area contributed by atoms with E-state index in [2.05, 4.69) is 5.32 Å². The monoisotopic (exact) mass is 330 g/mol. The first-order chi connectivity index (χ1) is 9.86. The molecule has 118 valence electrons. The third-order valence-electron chi connectivity index (χ3n) is 3.77. The lowest BCUT2D eigenvalue weighted by Crippen LogP contribution is -2.31. The van der Waals surface area contributed by atoms with Gasteiger partial charge in [-0.15, -0.1) is 11.3 Å². The predicted octanol–water partition coefficient (Wildman–Crippen LogP) is 2.37. The number of carbonyl (C=O) groups excluding carboxylic acids is 1. The number of thiophene rings is 1. The molecule has 1 fully saturated rings. The van der Waals surface area contributed by atoms with Crippen molar-refractivity contribution in [1.29, 1.82) is 0 Å². The maximum atomic E-state index is 12.6. The lowest BCUT2D eigenvalue weighted by atomic mass is 10.2. The first-order valence-electron chi connectivity index (χ1n) is 7.27.